The zero-order chi connectivity index (χ0) is 7.02. The Kier molecular flexibility index (Phi) is 2.17. The second-order valence-electron chi connectivity index (χ2n) is 2.85. The van der Waals surface area contributed by atoms with Gasteiger partial charge in [-0.2, -0.15) is 0 Å². The molecule has 0 bridgehead atoms. The molecule has 0 N–H and O–H groups in total. The fraction of sp³-hybridized carbons (Fsp3) is 1.00. The molecular formula is C7H13BrO. The lowest BCUT2D eigenvalue weighted by molar-refractivity contribution is 0.0588. The van der Waals surface area contributed by atoms with E-state index in [1.807, 2.05) is 0 Å². The van der Waals surface area contributed by atoms with E-state index in [1.165, 1.54) is 0 Å². The summed E-state index contributed by atoms with van der Waals surface area (Å²) in [6.45, 7) is 6.45. The Morgan fingerprint density at radius 3 is 1.78 bits per heavy atom. The highest BCUT2D eigenvalue weighted by Crippen LogP contribution is 2.31. The summed E-state index contributed by atoms with van der Waals surface area (Å²) in [5.41, 5.74) is 0. The normalized spacial score (nSPS) is 52.0. The van der Waals surface area contributed by atoms with Gasteiger partial charge in [-0.3, -0.25) is 0 Å². The lowest BCUT2D eigenvalue weighted by Gasteiger charge is -2.08. The molecule has 54 valence electrons. The smallest absolute Gasteiger partial charge is 0.0679 e. The molecule has 1 fully saturated rings. The summed E-state index contributed by atoms with van der Waals surface area (Å²) in [5, 5.41) is 0. The van der Waals surface area contributed by atoms with Gasteiger partial charge in [-0.25, -0.2) is 0 Å². The van der Waals surface area contributed by atoms with E-state index >= 15 is 0 Å². The third kappa shape index (κ3) is 1.30. The fourth-order valence-electron chi connectivity index (χ4n) is 1.22. The van der Waals surface area contributed by atoms with Crippen LogP contribution in [0, 0.1) is 5.92 Å². The third-order valence-corrected chi connectivity index (χ3v) is 3.70. The van der Waals surface area contributed by atoms with E-state index < -0.39 is 0 Å². The third-order valence-electron chi connectivity index (χ3n) is 2.12. The number of hydrogen-bond acceptors (Lipinski definition) is 1. The van der Waals surface area contributed by atoms with Crippen molar-refractivity contribution in [2.75, 3.05) is 0 Å². The van der Waals surface area contributed by atoms with Crippen LogP contribution >= 0.6 is 15.9 Å². The summed E-state index contributed by atoms with van der Waals surface area (Å²) in [4.78, 5) is 0.549. The van der Waals surface area contributed by atoms with Gasteiger partial charge in [0.2, 0.25) is 0 Å². The number of alkyl halides is 1. The molecule has 0 unspecified atom stereocenters. The standard InChI is InChI=1S/C7H13BrO/c1-4-5(2)9-6(3)7(4)8/h4-7H,1-3H3/t4-,5-,6+,7-/m0/s1. The van der Waals surface area contributed by atoms with Gasteiger partial charge in [-0.05, 0) is 19.8 Å². The van der Waals surface area contributed by atoms with Gasteiger partial charge in [0.15, 0.2) is 0 Å². The van der Waals surface area contributed by atoms with Crippen molar-refractivity contribution in [3.63, 3.8) is 0 Å². The van der Waals surface area contributed by atoms with Crippen molar-refractivity contribution >= 4 is 15.9 Å². The molecule has 1 nitrogen and oxygen atoms in total. The van der Waals surface area contributed by atoms with Crippen LogP contribution in [0.1, 0.15) is 20.8 Å². The van der Waals surface area contributed by atoms with E-state index in [2.05, 4.69) is 36.7 Å². The van der Waals surface area contributed by atoms with Gasteiger partial charge in [-0.1, -0.05) is 22.9 Å². The van der Waals surface area contributed by atoms with Crippen LogP contribution in [0.3, 0.4) is 0 Å². The van der Waals surface area contributed by atoms with Gasteiger partial charge in [-0.15, -0.1) is 0 Å². The van der Waals surface area contributed by atoms with Gasteiger partial charge in [0.05, 0.1) is 12.2 Å². The highest BCUT2D eigenvalue weighted by atomic mass is 79.9. The zero-order valence-electron chi connectivity index (χ0n) is 6.10. The van der Waals surface area contributed by atoms with Gasteiger partial charge in [0.25, 0.3) is 0 Å². The number of hydrogen-bond donors (Lipinski definition) is 0. The van der Waals surface area contributed by atoms with Gasteiger partial charge >= 0.3 is 0 Å². The van der Waals surface area contributed by atoms with Crippen LogP contribution in [0.2, 0.25) is 0 Å². The molecule has 0 aromatic carbocycles. The molecule has 2 heteroatoms. The van der Waals surface area contributed by atoms with Crippen molar-refractivity contribution in [1.82, 2.24) is 0 Å². The lowest BCUT2D eigenvalue weighted by atomic mass is 10.0. The summed E-state index contributed by atoms with van der Waals surface area (Å²) in [7, 11) is 0. The predicted molar refractivity (Wildman–Crippen MR) is 41.9 cm³/mol. The topological polar surface area (TPSA) is 9.23 Å². The van der Waals surface area contributed by atoms with Crippen LogP contribution in [0.4, 0.5) is 0 Å². The van der Waals surface area contributed by atoms with Crippen LogP contribution < -0.4 is 0 Å². The first-order valence-corrected chi connectivity index (χ1v) is 4.34. The summed E-state index contributed by atoms with van der Waals surface area (Å²) in [6.07, 6.45) is 0.805. The Morgan fingerprint density at radius 1 is 1.11 bits per heavy atom. The first-order chi connectivity index (χ1) is 4.13. The number of rotatable bonds is 0. The molecule has 0 saturated carbocycles. The van der Waals surface area contributed by atoms with Crippen molar-refractivity contribution in [2.45, 2.75) is 37.8 Å². The number of halogens is 1. The lowest BCUT2D eigenvalue weighted by Crippen LogP contribution is -2.15. The second kappa shape index (κ2) is 2.59. The average molecular weight is 193 g/mol. The van der Waals surface area contributed by atoms with Crippen molar-refractivity contribution in [3.8, 4) is 0 Å². The van der Waals surface area contributed by atoms with Crippen LogP contribution in [-0.4, -0.2) is 17.0 Å². The molecule has 0 aliphatic carbocycles. The van der Waals surface area contributed by atoms with Crippen molar-refractivity contribution in [2.24, 2.45) is 5.92 Å². The Morgan fingerprint density at radius 2 is 1.67 bits per heavy atom. The molecule has 9 heavy (non-hydrogen) atoms. The second-order valence-corrected chi connectivity index (χ2v) is 3.91. The largest absolute Gasteiger partial charge is 0.374 e. The zero-order valence-corrected chi connectivity index (χ0v) is 7.68. The maximum Gasteiger partial charge on any atom is 0.0679 e. The summed E-state index contributed by atoms with van der Waals surface area (Å²) in [6, 6.07) is 0. The van der Waals surface area contributed by atoms with Crippen LogP contribution in [-0.2, 0) is 4.74 Å². The Hall–Kier alpha value is 0.440. The van der Waals surface area contributed by atoms with E-state index in [4.69, 9.17) is 4.74 Å². The van der Waals surface area contributed by atoms with Crippen LogP contribution in [0.5, 0.6) is 0 Å². The van der Waals surface area contributed by atoms with Gasteiger partial charge < -0.3 is 4.74 Å². The molecule has 0 aromatic heterocycles. The molecular weight excluding hydrogens is 180 g/mol. The molecule has 1 heterocycles. The van der Waals surface area contributed by atoms with E-state index in [-0.39, 0.29) is 0 Å². The first-order valence-electron chi connectivity index (χ1n) is 3.42. The Labute approximate surface area is 64.9 Å². The Balaban J connectivity index is 2.54. The van der Waals surface area contributed by atoms with Gasteiger partial charge in [0, 0.05) is 4.83 Å². The predicted octanol–water partition coefficient (Wildman–Crippen LogP) is 2.19. The van der Waals surface area contributed by atoms with Crippen molar-refractivity contribution in [3.05, 3.63) is 0 Å². The average Bonchev–Trinajstić information content (AvgIpc) is 1.98. The van der Waals surface area contributed by atoms with Crippen LogP contribution in [0.15, 0.2) is 0 Å². The van der Waals surface area contributed by atoms with E-state index in [0.717, 1.165) is 0 Å². The summed E-state index contributed by atoms with van der Waals surface area (Å²) in [5.74, 6) is 0.653. The monoisotopic (exact) mass is 192 g/mol. The molecule has 1 aliphatic heterocycles. The minimum absolute atomic E-state index is 0.384. The first kappa shape index (κ1) is 7.55. The highest BCUT2D eigenvalue weighted by Gasteiger charge is 2.34. The maximum atomic E-state index is 5.54. The molecule has 0 spiro atoms. The van der Waals surface area contributed by atoms with Gasteiger partial charge in [0.1, 0.15) is 0 Å². The maximum absolute atomic E-state index is 5.54. The molecule has 1 aliphatic rings. The van der Waals surface area contributed by atoms with E-state index in [0.29, 0.717) is 23.0 Å². The van der Waals surface area contributed by atoms with Crippen molar-refractivity contribution in [1.29, 1.82) is 0 Å². The molecule has 0 radical (unpaired) electrons. The van der Waals surface area contributed by atoms with Crippen LogP contribution in [0.25, 0.3) is 0 Å². The quantitative estimate of drug-likeness (QED) is 0.536. The van der Waals surface area contributed by atoms with Crippen molar-refractivity contribution < 1.29 is 4.74 Å². The van der Waals surface area contributed by atoms with E-state index in [1.54, 1.807) is 0 Å². The molecule has 1 rings (SSSR count). The Bertz CT molecular complexity index is 93.1. The van der Waals surface area contributed by atoms with E-state index in [9.17, 15) is 0 Å². The minimum atomic E-state index is 0.384. The molecule has 0 aromatic rings. The fourth-order valence-corrected chi connectivity index (χ4v) is 1.78. The molecule has 4 atom stereocenters. The number of ether oxygens (including phenoxy) is 1. The SMILES string of the molecule is C[C@@H]1[C@H](Br)[C@@H](C)O[C@H]1C. The minimum Gasteiger partial charge on any atom is -0.374 e. The summed E-state index contributed by atoms with van der Waals surface area (Å²) < 4.78 is 5.54. The summed E-state index contributed by atoms with van der Waals surface area (Å²) >= 11 is 3.58. The molecule has 1 saturated heterocycles. The molecule has 0 amide bonds. The highest BCUT2D eigenvalue weighted by molar-refractivity contribution is 9.09.